The van der Waals surface area contributed by atoms with Crippen LogP contribution in [-0.4, -0.2) is 77.0 Å². The summed E-state index contributed by atoms with van der Waals surface area (Å²) in [7, 11) is 1.66. The van der Waals surface area contributed by atoms with Crippen molar-refractivity contribution in [2.45, 2.75) is 43.4 Å². The number of halogens is 7. The van der Waals surface area contributed by atoms with Crippen LogP contribution in [0.15, 0.2) is 99.9 Å². The van der Waals surface area contributed by atoms with Crippen LogP contribution >= 0.6 is 28.1 Å². The fourth-order valence-electron chi connectivity index (χ4n) is 5.92. The van der Waals surface area contributed by atoms with Gasteiger partial charge in [-0.2, -0.15) is 26.3 Å². The number of hydrogen-bond donors (Lipinski definition) is 1. The highest BCUT2D eigenvalue weighted by molar-refractivity contribution is 9.09. The first-order valence-electron chi connectivity index (χ1n) is 19.7. The fourth-order valence-corrected chi connectivity index (χ4v) is 7.40. The van der Waals surface area contributed by atoms with Gasteiger partial charge >= 0.3 is 12.4 Å². The molecule has 0 spiro atoms. The lowest BCUT2D eigenvalue weighted by molar-refractivity contribution is -0.142. The monoisotopic (exact) mass is 1060 g/mol. The number of aromatic nitrogens is 6. The number of pyridine rings is 2. The molecule has 0 aliphatic carbocycles. The largest absolute Gasteiger partial charge is 0.493 e. The molecule has 6 aromatic rings. The summed E-state index contributed by atoms with van der Waals surface area (Å²) >= 11 is 7.98. The lowest BCUT2D eigenvalue weighted by Gasteiger charge is -2.13. The van der Waals surface area contributed by atoms with Crippen molar-refractivity contribution in [3.63, 3.8) is 0 Å². The molecule has 364 valence electrons. The van der Waals surface area contributed by atoms with E-state index in [0.717, 1.165) is 29.4 Å². The van der Waals surface area contributed by atoms with Crippen LogP contribution in [-0.2, 0) is 35.3 Å². The van der Waals surface area contributed by atoms with Gasteiger partial charge in [-0.05, 0) is 71.9 Å². The maximum absolute atomic E-state index is 13.5. The number of terminal acetylenes is 2. The quantitative estimate of drug-likeness (QED) is 0.0363. The number of aromatic amines is 1. The normalized spacial score (nSPS) is 11.1. The summed E-state index contributed by atoms with van der Waals surface area (Å²) in [5.74, 6) is 5.94. The highest BCUT2D eigenvalue weighted by atomic mass is 79.9. The average molecular weight is 1060 g/mol. The van der Waals surface area contributed by atoms with Gasteiger partial charge in [-0.15, -0.1) is 24.7 Å². The molecule has 6 rings (SSSR count). The Morgan fingerprint density at radius 3 is 1.55 bits per heavy atom. The van der Waals surface area contributed by atoms with Gasteiger partial charge in [0.05, 0.1) is 58.7 Å². The number of alkyl halides is 7. The number of sulfone groups is 1. The van der Waals surface area contributed by atoms with E-state index in [1.54, 1.807) is 36.4 Å². The summed E-state index contributed by atoms with van der Waals surface area (Å²) in [5, 5.41) is -0.0704. The Hall–Kier alpha value is -6.95. The van der Waals surface area contributed by atoms with Gasteiger partial charge in [0.25, 0.3) is 11.1 Å². The van der Waals surface area contributed by atoms with Crippen molar-refractivity contribution in [2.24, 2.45) is 0 Å². The van der Waals surface area contributed by atoms with Crippen LogP contribution < -0.4 is 30.1 Å². The molecule has 0 bridgehead atoms. The van der Waals surface area contributed by atoms with Gasteiger partial charge in [-0.25, -0.2) is 23.4 Å². The molecule has 14 nitrogen and oxygen atoms in total. The zero-order valence-electron chi connectivity index (χ0n) is 36.9. The van der Waals surface area contributed by atoms with E-state index in [-0.39, 0.29) is 46.8 Å². The summed E-state index contributed by atoms with van der Waals surface area (Å²) in [6, 6.07) is 16.8. The van der Waals surface area contributed by atoms with Crippen molar-refractivity contribution in [3.8, 4) is 70.2 Å². The molecule has 0 fully saturated rings. The number of ether oxygens (including phenoxy) is 4. The van der Waals surface area contributed by atoms with Gasteiger partial charge in [0.15, 0.2) is 27.8 Å². The smallest absolute Gasteiger partial charge is 0.433 e. The molecule has 0 unspecified atom stereocenters. The predicted molar refractivity (Wildman–Crippen MR) is 251 cm³/mol. The Bertz CT molecular complexity index is 3150. The predicted octanol–water partition coefficient (Wildman–Crippen LogP) is 8.64. The van der Waals surface area contributed by atoms with Crippen LogP contribution in [0.3, 0.4) is 0 Å². The van der Waals surface area contributed by atoms with Crippen molar-refractivity contribution in [3.05, 3.63) is 133 Å². The Balaban J connectivity index is 0.000000277. The molecule has 0 aliphatic rings. The lowest BCUT2D eigenvalue weighted by atomic mass is 10.1. The second kappa shape index (κ2) is 24.4. The first-order chi connectivity index (χ1) is 32.6. The molecule has 0 aliphatic heterocycles. The van der Waals surface area contributed by atoms with E-state index in [1.807, 2.05) is 4.98 Å². The SMILES string of the molecule is C#CCCBr.C#CCCS(=O)(=O)c1nc(-c2ccc(=O)n(Cc3ccc(OC)c(OC)c3)c2)cc(C(F)(F)F)n1.COc1ccc(Cn2cc(-c3cc(C(F)(F)F)[nH]c(=S)n3)ccc2=O)cc1OC. The number of benzene rings is 2. The van der Waals surface area contributed by atoms with E-state index in [0.29, 0.717) is 40.2 Å². The number of H-pyrrole nitrogens is 1. The summed E-state index contributed by atoms with van der Waals surface area (Å²) in [6.45, 7) is 0.233. The molecule has 69 heavy (non-hydrogen) atoms. The number of nitrogens with zero attached hydrogens (tertiary/aromatic N) is 5. The van der Waals surface area contributed by atoms with Crippen LogP contribution in [0.1, 0.15) is 35.4 Å². The maximum atomic E-state index is 13.5. The molecular formula is C46H41BrF6N6O8S2. The molecular weight excluding hydrogens is 1020 g/mol. The Morgan fingerprint density at radius 2 is 1.14 bits per heavy atom. The van der Waals surface area contributed by atoms with Crippen molar-refractivity contribution in [1.82, 2.24) is 29.1 Å². The third-order valence-corrected chi connectivity index (χ3v) is 11.3. The average Bonchev–Trinajstić information content (AvgIpc) is 3.32. The highest BCUT2D eigenvalue weighted by Gasteiger charge is 2.36. The van der Waals surface area contributed by atoms with Crippen LogP contribution in [0.5, 0.6) is 23.0 Å². The van der Waals surface area contributed by atoms with Crippen molar-refractivity contribution < 1.29 is 53.7 Å². The van der Waals surface area contributed by atoms with Crippen molar-refractivity contribution in [1.29, 1.82) is 0 Å². The molecule has 2 aromatic carbocycles. The minimum absolute atomic E-state index is 0.0159. The van der Waals surface area contributed by atoms with Crippen LogP contribution in [0.25, 0.3) is 22.5 Å². The number of rotatable bonds is 14. The molecule has 0 saturated carbocycles. The minimum atomic E-state index is -4.93. The number of methoxy groups -OCH3 is 4. The zero-order valence-corrected chi connectivity index (χ0v) is 40.2. The lowest BCUT2D eigenvalue weighted by Crippen LogP contribution is -2.20. The van der Waals surface area contributed by atoms with E-state index < -0.39 is 50.0 Å². The topological polar surface area (TPSA) is 170 Å². The number of hydrogen-bond acceptors (Lipinski definition) is 12. The second-order valence-corrected chi connectivity index (χ2v) is 17.1. The van der Waals surface area contributed by atoms with Gasteiger partial charge in [0, 0.05) is 53.8 Å². The molecule has 1 N–H and O–H groups in total. The van der Waals surface area contributed by atoms with E-state index in [1.165, 1.54) is 68.2 Å². The first kappa shape index (κ1) is 54.7. The van der Waals surface area contributed by atoms with Gasteiger partial charge in [-0.3, -0.25) is 9.59 Å². The van der Waals surface area contributed by atoms with Crippen LogP contribution in [0.4, 0.5) is 26.3 Å². The summed E-state index contributed by atoms with van der Waals surface area (Å²) in [4.78, 5) is 37.7. The third-order valence-electron chi connectivity index (χ3n) is 9.24. The molecule has 0 saturated heterocycles. The standard InChI is InChI=1S/C23H20F3N3O5S.C19H16F3N3O3S.C4H5Br/c1-4-5-10-35(31,32)22-27-17(12-20(28-22)23(24,25)26)16-7-9-21(30)29(14-16)13-15-6-8-18(33-2)19(11-15)34-3;1-27-14-5-3-11(7-15(14)28-2)9-25-10-12(4-6-17(25)26)13-8-16(19(20,21)22)24-18(29)23-13;1-2-3-4-5/h1,6-9,11-12,14H,5,10,13H2,2-3H3;3-8,10H,9H2,1-2H3,(H,23,24,29);1H,3-4H2. The van der Waals surface area contributed by atoms with Crippen molar-refractivity contribution >= 4 is 38.0 Å². The summed E-state index contributed by atoms with van der Waals surface area (Å²) < 4.78 is 128. The van der Waals surface area contributed by atoms with Crippen LogP contribution in [0.2, 0.25) is 0 Å². The molecule has 0 radical (unpaired) electrons. The van der Waals surface area contributed by atoms with Gasteiger partial charge < -0.3 is 33.1 Å². The van der Waals surface area contributed by atoms with E-state index in [2.05, 4.69) is 42.7 Å². The molecule has 23 heteroatoms. The fraction of sp³-hybridized carbons (Fsp3) is 0.261. The Kier molecular flexibility index (Phi) is 19.3. The molecule has 0 amide bonds. The van der Waals surface area contributed by atoms with Gasteiger partial charge in [0.1, 0.15) is 11.4 Å². The summed E-state index contributed by atoms with van der Waals surface area (Å²) in [6.07, 6.45) is 3.76. The molecule has 4 aromatic heterocycles. The van der Waals surface area contributed by atoms with E-state index >= 15 is 0 Å². The van der Waals surface area contributed by atoms with E-state index in [4.69, 9.17) is 44.0 Å². The zero-order chi connectivity index (χ0) is 51.1. The van der Waals surface area contributed by atoms with Crippen molar-refractivity contribution in [2.75, 3.05) is 39.5 Å². The van der Waals surface area contributed by atoms with E-state index in [9.17, 15) is 44.3 Å². The van der Waals surface area contributed by atoms with Gasteiger partial charge in [0.2, 0.25) is 15.0 Å². The third kappa shape index (κ3) is 15.3. The van der Waals surface area contributed by atoms with Crippen LogP contribution in [0, 0.1) is 29.5 Å². The molecule has 0 atom stereocenters. The minimum Gasteiger partial charge on any atom is -0.493 e. The second-order valence-electron chi connectivity index (χ2n) is 14.0. The first-order valence-corrected chi connectivity index (χ1v) is 22.9. The Labute approximate surface area is 405 Å². The number of nitrogens with one attached hydrogen (secondary N) is 1. The Morgan fingerprint density at radius 1 is 0.667 bits per heavy atom. The maximum Gasteiger partial charge on any atom is 0.433 e. The van der Waals surface area contributed by atoms with Gasteiger partial charge in [-0.1, -0.05) is 28.1 Å². The molecule has 4 heterocycles. The highest BCUT2D eigenvalue weighted by Crippen LogP contribution is 2.33. The summed E-state index contributed by atoms with van der Waals surface area (Å²) in [5.41, 5.74) is -1.67.